The predicted molar refractivity (Wildman–Crippen MR) is 48.1 cm³/mol. The van der Waals surface area contributed by atoms with E-state index in [1.165, 1.54) is 0 Å². The lowest BCUT2D eigenvalue weighted by Gasteiger charge is -2.05. The first-order chi connectivity index (χ1) is 5.29. The molecular weight excluding hydrogens is 158 g/mol. The zero-order chi connectivity index (χ0) is 8.27. The van der Waals surface area contributed by atoms with E-state index in [1.54, 1.807) is 6.20 Å². The molecule has 0 bridgehead atoms. The summed E-state index contributed by atoms with van der Waals surface area (Å²) in [5, 5.41) is 5.42. The van der Waals surface area contributed by atoms with Crippen LogP contribution in [-0.4, -0.2) is 4.98 Å². The Bertz CT molecular complexity index is 249. The van der Waals surface area contributed by atoms with Crippen molar-refractivity contribution in [1.29, 1.82) is 0 Å². The molecular formula is C7H11N3S. The first-order valence-electron chi connectivity index (χ1n) is 3.39. The number of nitrogens with two attached hydrogens (primary N) is 2. The second-order valence-electron chi connectivity index (χ2n) is 2.16. The van der Waals surface area contributed by atoms with Crippen LogP contribution in [0.1, 0.15) is 12.5 Å². The van der Waals surface area contributed by atoms with Crippen LogP contribution < -0.4 is 10.9 Å². The average Bonchev–Trinajstić information content (AvgIpc) is 2.04. The lowest BCUT2D eigenvalue weighted by molar-refractivity contribution is 1.06. The number of rotatable bonds is 2. The maximum Gasteiger partial charge on any atom is 0.138 e. The van der Waals surface area contributed by atoms with Gasteiger partial charge in [0.1, 0.15) is 5.82 Å². The third kappa shape index (κ3) is 1.64. The molecule has 4 N–H and O–H groups in total. The van der Waals surface area contributed by atoms with Crippen molar-refractivity contribution in [3.8, 4) is 0 Å². The van der Waals surface area contributed by atoms with E-state index < -0.39 is 0 Å². The molecule has 0 unspecified atom stereocenters. The number of hydrogen-bond acceptors (Lipinski definition) is 4. The van der Waals surface area contributed by atoms with Crippen LogP contribution in [-0.2, 0) is 6.42 Å². The largest absolute Gasteiger partial charge is 0.383 e. The van der Waals surface area contributed by atoms with Crippen molar-refractivity contribution in [1.82, 2.24) is 4.98 Å². The van der Waals surface area contributed by atoms with Crippen molar-refractivity contribution in [3.05, 3.63) is 17.8 Å². The number of nitrogens with zero attached hydrogens (tertiary/aromatic N) is 1. The van der Waals surface area contributed by atoms with E-state index in [0.717, 1.165) is 28.8 Å². The summed E-state index contributed by atoms with van der Waals surface area (Å²) in [4.78, 5) is 4.83. The minimum Gasteiger partial charge on any atom is -0.383 e. The van der Waals surface area contributed by atoms with Crippen LogP contribution in [0.3, 0.4) is 0 Å². The van der Waals surface area contributed by atoms with Gasteiger partial charge in [-0.25, -0.2) is 4.98 Å². The molecule has 0 fully saturated rings. The normalized spacial score (nSPS) is 10.0. The second kappa shape index (κ2) is 3.59. The van der Waals surface area contributed by atoms with Crippen molar-refractivity contribution in [2.75, 3.05) is 5.73 Å². The van der Waals surface area contributed by atoms with E-state index in [9.17, 15) is 0 Å². The number of anilines is 1. The Morgan fingerprint density at radius 1 is 1.64 bits per heavy atom. The third-order valence-electron chi connectivity index (χ3n) is 1.51. The van der Waals surface area contributed by atoms with Gasteiger partial charge in [-0.05, 0) is 30.0 Å². The third-order valence-corrected chi connectivity index (χ3v) is 2.22. The zero-order valence-electron chi connectivity index (χ0n) is 6.37. The lowest BCUT2D eigenvalue weighted by atomic mass is 10.2. The summed E-state index contributed by atoms with van der Waals surface area (Å²) >= 11 is 1.16. The molecule has 1 heterocycles. The quantitative estimate of drug-likeness (QED) is 0.653. The van der Waals surface area contributed by atoms with E-state index in [1.807, 2.05) is 6.07 Å². The van der Waals surface area contributed by atoms with Gasteiger partial charge in [0, 0.05) is 6.20 Å². The highest BCUT2D eigenvalue weighted by Crippen LogP contribution is 2.22. The summed E-state index contributed by atoms with van der Waals surface area (Å²) in [7, 11) is 0. The molecule has 0 spiro atoms. The smallest absolute Gasteiger partial charge is 0.138 e. The topological polar surface area (TPSA) is 64.9 Å². The highest BCUT2D eigenvalue weighted by molar-refractivity contribution is 7.97. The van der Waals surface area contributed by atoms with Crippen LogP contribution in [0.15, 0.2) is 17.2 Å². The average molecular weight is 169 g/mol. The molecule has 0 amide bonds. The zero-order valence-corrected chi connectivity index (χ0v) is 7.19. The number of nitrogen functional groups attached to an aromatic ring is 1. The molecule has 0 saturated carbocycles. The molecule has 3 nitrogen and oxygen atoms in total. The SMILES string of the molecule is CCc1ccnc(N)c1SN. The molecule has 4 heteroatoms. The Balaban J connectivity index is 3.13. The Morgan fingerprint density at radius 3 is 2.82 bits per heavy atom. The van der Waals surface area contributed by atoms with Crippen LogP contribution >= 0.6 is 11.9 Å². The summed E-state index contributed by atoms with van der Waals surface area (Å²) < 4.78 is 0. The molecule has 11 heavy (non-hydrogen) atoms. The monoisotopic (exact) mass is 169 g/mol. The Hall–Kier alpha value is -0.740. The van der Waals surface area contributed by atoms with Crippen molar-refractivity contribution in [2.24, 2.45) is 5.14 Å². The lowest BCUT2D eigenvalue weighted by Crippen LogP contribution is -1.98. The molecule has 1 aromatic heterocycles. The predicted octanol–water partition coefficient (Wildman–Crippen LogP) is 1.19. The Morgan fingerprint density at radius 2 is 2.36 bits per heavy atom. The number of aryl methyl sites for hydroxylation is 1. The van der Waals surface area contributed by atoms with Crippen LogP contribution in [0, 0.1) is 0 Å². The fraction of sp³-hybridized carbons (Fsp3) is 0.286. The first kappa shape index (κ1) is 8.36. The molecule has 60 valence electrons. The van der Waals surface area contributed by atoms with Gasteiger partial charge in [0.2, 0.25) is 0 Å². The van der Waals surface area contributed by atoms with Crippen molar-refractivity contribution < 1.29 is 0 Å². The van der Waals surface area contributed by atoms with Crippen LogP contribution in [0.25, 0.3) is 0 Å². The van der Waals surface area contributed by atoms with Crippen molar-refractivity contribution >= 4 is 17.8 Å². The van der Waals surface area contributed by atoms with Crippen LogP contribution in [0.2, 0.25) is 0 Å². The number of pyridine rings is 1. The van der Waals surface area contributed by atoms with Gasteiger partial charge in [0.15, 0.2) is 0 Å². The molecule has 1 aromatic rings. The molecule has 0 aromatic carbocycles. The van der Waals surface area contributed by atoms with E-state index >= 15 is 0 Å². The van der Waals surface area contributed by atoms with Gasteiger partial charge in [-0.15, -0.1) is 0 Å². The van der Waals surface area contributed by atoms with Gasteiger partial charge in [0.25, 0.3) is 0 Å². The minimum absolute atomic E-state index is 0.525. The van der Waals surface area contributed by atoms with Crippen molar-refractivity contribution in [2.45, 2.75) is 18.2 Å². The van der Waals surface area contributed by atoms with E-state index in [0.29, 0.717) is 5.82 Å². The Kier molecular flexibility index (Phi) is 2.73. The molecule has 0 aliphatic heterocycles. The van der Waals surface area contributed by atoms with Gasteiger partial charge >= 0.3 is 0 Å². The maximum atomic E-state index is 5.60. The molecule has 0 aliphatic carbocycles. The van der Waals surface area contributed by atoms with E-state index in [-0.39, 0.29) is 0 Å². The summed E-state index contributed by atoms with van der Waals surface area (Å²) in [6, 6.07) is 1.94. The second-order valence-corrected chi connectivity index (χ2v) is 2.80. The Labute approximate surface area is 70.3 Å². The highest BCUT2D eigenvalue weighted by atomic mass is 32.2. The summed E-state index contributed by atoms with van der Waals surface area (Å²) in [5.41, 5.74) is 6.75. The molecule has 0 aliphatic rings. The fourth-order valence-corrected chi connectivity index (χ4v) is 1.46. The van der Waals surface area contributed by atoms with Crippen molar-refractivity contribution in [3.63, 3.8) is 0 Å². The fourth-order valence-electron chi connectivity index (χ4n) is 0.921. The molecule has 0 radical (unpaired) electrons. The standard InChI is InChI=1S/C7H11N3S/c1-2-5-3-4-10-7(8)6(5)11-9/h3-4H,2,9H2,1H3,(H2,8,10). The number of aromatic nitrogens is 1. The summed E-state index contributed by atoms with van der Waals surface area (Å²) in [5.74, 6) is 0.525. The molecule has 0 atom stereocenters. The number of hydrogen-bond donors (Lipinski definition) is 2. The van der Waals surface area contributed by atoms with E-state index in [4.69, 9.17) is 10.9 Å². The highest BCUT2D eigenvalue weighted by Gasteiger charge is 2.03. The minimum atomic E-state index is 0.525. The summed E-state index contributed by atoms with van der Waals surface area (Å²) in [6.45, 7) is 2.06. The van der Waals surface area contributed by atoms with Gasteiger partial charge in [-0.1, -0.05) is 6.92 Å². The first-order valence-corrected chi connectivity index (χ1v) is 4.27. The van der Waals surface area contributed by atoms with Crippen LogP contribution in [0.5, 0.6) is 0 Å². The van der Waals surface area contributed by atoms with E-state index in [2.05, 4.69) is 11.9 Å². The summed E-state index contributed by atoms with van der Waals surface area (Å²) in [6.07, 6.45) is 2.64. The van der Waals surface area contributed by atoms with Gasteiger partial charge < -0.3 is 5.73 Å². The van der Waals surface area contributed by atoms with Gasteiger partial charge in [-0.3, -0.25) is 5.14 Å². The van der Waals surface area contributed by atoms with Gasteiger partial charge in [0.05, 0.1) is 4.90 Å². The molecule has 0 saturated heterocycles. The maximum absolute atomic E-state index is 5.60. The van der Waals surface area contributed by atoms with Gasteiger partial charge in [-0.2, -0.15) is 0 Å². The molecule has 1 rings (SSSR count). The van der Waals surface area contributed by atoms with Crippen LogP contribution in [0.4, 0.5) is 5.82 Å².